The van der Waals surface area contributed by atoms with Crippen LogP contribution in [0.15, 0.2) is 29.4 Å². The highest BCUT2D eigenvalue weighted by Crippen LogP contribution is 2.11. The van der Waals surface area contributed by atoms with E-state index >= 15 is 0 Å². The second-order valence-electron chi connectivity index (χ2n) is 4.66. The highest BCUT2D eigenvalue weighted by molar-refractivity contribution is 5.97. The Hall–Kier alpha value is -1.79. The zero-order chi connectivity index (χ0) is 15.3. The SMILES string of the molecule is COCCCCCNCCOc1ccc(/C(N)=N/O)cc1. The van der Waals surface area contributed by atoms with E-state index in [1.54, 1.807) is 31.4 Å². The van der Waals surface area contributed by atoms with E-state index in [2.05, 4.69) is 10.5 Å². The van der Waals surface area contributed by atoms with Crippen LogP contribution in [0.4, 0.5) is 0 Å². The van der Waals surface area contributed by atoms with Crippen molar-refractivity contribution in [3.05, 3.63) is 29.8 Å². The van der Waals surface area contributed by atoms with Crippen molar-refractivity contribution in [3.63, 3.8) is 0 Å². The van der Waals surface area contributed by atoms with E-state index in [0.717, 1.165) is 38.3 Å². The number of methoxy groups -OCH3 is 1. The Morgan fingerprint density at radius 3 is 2.57 bits per heavy atom. The molecule has 0 aromatic heterocycles. The van der Waals surface area contributed by atoms with Crippen molar-refractivity contribution in [1.82, 2.24) is 5.32 Å². The minimum Gasteiger partial charge on any atom is -0.492 e. The van der Waals surface area contributed by atoms with Gasteiger partial charge in [0.25, 0.3) is 0 Å². The fourth-order valence-electron chi connectivity index (χ4n) is 1.82. The number of amidine groups is 1. The van der Waals surface area contributed by atoms with Crippen LogP contribution in [0.3, 0.4) is 0 Å². The number of rotatable bonds is 11. The molecule has 0 spiro atoms. The molecule has 0 radical (unpaired) electrons. The lowest BCUT2D eigenvalue weighted by Crippen LogP contribution is -2.22. The van der Waals surface area contributed by atoms with Gasteiger partial charge in [0.15, 0.2) is 5.84 Å². The van der Waals surface area contributed by atoms with Gasteiger partial charge in [-0.1, -0.05) is 5.16 Å². The van der Waals surface area contributed by atoms with Gasteiger partial charge >= 0.3 is 0 Å². The average molecular weight is 295 g/mol. The Morgan fingerprint density at radius 1 is 1.14 bits per heavy atom. The van der Waals surface area contributed by atoms with Gasteiger partial charge in [-0.3, -0.25) is 0 Å². The van der Waals surface area contributed by atoms with Crippen LogP contribution in [-0.2, 0) is 4.74 Å². The van der Waals surface area contributed by atoms with Crippen LogP contribution in [0.25, 0.3) is 0 Å². The van der Waals surface area contributed by atoms with Gasteiger partial charge in [0.1, 0.15) is 12.4 Å². The quantitative estimate of drug-likeness (QED) is 0.189. The standard InChI is InChI=1S/C15H25N3O3/c1-20-11-4-2-3-9-17-10-12-21-14-7-5-13(6-8-14)15(16)18-19/h5-8,17,19H,2-4,9-12H2,1H3,(H2,16,18). The van der Waals surface area contributed by atoms with Gasteiger partial charge < -0.3 is 25.7 Å². The Balaban J connectivity index is 2.08. The van der Waals surface area contributed by atoms with E-state index in [1.165, 1.54) is 6.42 Å². The lowest BCUT2D eigenvalue weighted by Gasteiger charge is -2.08. The van der Waals surface area contributed by atoms with E-state index in [0.29, 0.717) is 12.2 Å². The molecule has 0 aliphatic carbocycles. The van der Waals surface area contributed by atoms with Gasteiger partial charge in [-0.2, -0.15) is 0 Å². The number of nitrogens with two attached hydrogens (primary N) is 1. The van der Waals surface area contributed by atoms with E-state index in [-0.39, 0.29) is 5.84 Å². The van der Waals surface area contributed by atoms with Crippen molar-refractivity contribution < 1.29 is 14.7 Å². The largest absolute Gasteiger partial charge is 0.492 e. The zero-order valence-electron chi connectivity index (χ0n) is 12.5. The summed E-state index contributed by atoms with van der Waals surface area (Å²) >= 11 is 0. The summed E-state index contributed by atoms with van der Waals surface area (Å²) in [6.45, 7) is 3.26. The fourth-order valence-corrected chi connectivity index (χ4v) is 1.82. The fraction of sp³-hybridized carbons (Fsp3) is 0.533. The smallest absolute Gasteiger partial charge is 0.170 e. The molecule has 0 saturated carbocycles. The Labute approximate surface area is 125 Å². The molecule has 1 rings (SSSR count). The Bertz CT molecular complexity index is 407. The molecule has 0 aliphatic heterocycles. The molecule has 0 bridgehead atoms. The molecule has 1 aromatic rings. The van der Waals surface area contributed by atoms with Crippen molar-refractivity contribution >= 4 is 5.84 Å². The monoisotopic (exact) mass is 295 g/mol. The Kier molecular flexibility index (Phi) is 8.99. The summed E-state index contributed by atoms with van der Waals surface area (Å²) in [5.74, 6) is 0.864. The summed E-state index contributed by atoms with van der Waals surface area (Å²) in [7, 11) is 1.73. The lowest BCUT2D eigenvalue weighted by atomic mass is 10.2. The molecule has 6 nitrogen and oxygen atoms in total. The third-order valence-corrected chi connectivity index (χ3v) is 3.01. The molecule has 0 amide bonds. The number of unbranched alkanes of at least 4 members (excludes halogenated alkanes) is 2. The molecule has 6 heteroatoms. The highest BCUT2D eigenvalue weighted by atomic mass is 16.5. The molecule has 0 heterocycles. The van der Waals surface area contributed by atoms with Gasteiger partial charge in [0, 0.05) is 25.8 Å². The number of oxime groups is 1. The summed E-state index contributed by atoms with van der Waals surface area (Å²) in [5.41, 5.74) is 6.15. The average Bonchev–Trinajstić information content (AvgIpc) is 2.53. The lowest BCUT2D eigenvalue weighted by molar-refractivity contribution is 0.192. The first-order valence-electron chi connectivity index (χ1n) is 7.18. The minimum absolute atomic E-state index is 0.0942. The van der Waals surface area contributed by atoms with Crippen LogP contribution >= 0.6 is 0 Å². The number of hydrogen-bond donors (Lipinski definition) is 3. The van der Waals surface area contributed by atoms with Crippen LogP contribution in [0.5, 0.6) is 5.75 Å². The Morgan fingerprint density at radius 2 is 1.90 bits per heavy atom. The second-order valence-corrected chi connectivity index (χ2v) is 4.66. The van der Waals surface area contributed by atoms with Crippen molar-refractivity contribution in [1.29, 1.82) is 0 Å². The molecule has 0 unspecified atom stereocenters. The summed E-state index contributed by atoms with van der Waals surface area (Å²) in [6.07, 6.45) is 3.44. The van der Waals surface area contributed by atoms with Crippen molar-refractivity contribution in [2.24, 2.45) is 10.9 Å². The molecule has 0 fully saturated rings. The molecule has 1 aromatic carbocycles. The van der Waals surface area contributed by atoms with E-state index in [9.17, 15) is 0 Å². The van der Waals surface area contributed by atoms with Crippen molar-refractivity contribution in [2.45, 2.75) is 19.3 Å². The van der Waals surface area contributed by atoms with Crippen LogP contribution in [0, 0.1) is 0 Å². The molecular formula is C15H25N3O3. The minimum atomic E-state index is 0.0942. The van der Waals surface area contributed by atoms with Gasteiger partial charge in [-0.05, 0) is 50.1 Å². The molecule has 0 atom stereocenters. The van der Waals surface area contributed by atoms with Crippen LogP contribution in [0.2, 0.25) is 0 Å². The van der Waals surface area contributed by atoms with Crippen molar-refractivity contribution in [2.75, 3.05) is 33.4 Å². The third kappa shape index (κ3) is 7.53. The number of hydrogen-bond acceptors (Lipinski definition) is 5. The normalized spacial score (nSPS) is 11.6. The molecule has 0 aliphatic rings. The number of nitrogens with one attached hydrogen (secondary N) is 1. The maximum Gasteiger partial charge on any atom is 0.170 e. The predicted molar refractivity (Wildman–Crippen MR) is 83.0 cm³/mol. The predicted octanol–water partition coefficient (Wildman–Crippen LogP) is 1.57. The summed E-state index contributed by atoms with van der Waals surface area (Å²) in [4.78, 5) is 0. The molecular weight excluding hydrogens is 270 g/mol. The van der Waals surface area contributed by atoms with E-state index in [4.69, 9.17) is 20.4 Å². The highest BCUT2D eigenvalue weighted by Gasteiger charge is 1.99. The zero-order valence-corrected chi connectivity index (χ0v) is 12.5. The van der Waals surface area contributed by atoms with E-state index < -0.39 is 0 Å². The summed E-state index contributed by atoms with van der Waals surface area (Å²) in [6, 6.07) is 7.12. The van der Waals surface area contributed by atoms with E-state index in [1.807, 2.05) is 0 Å². The first-order chi connectivity index (χ1) is 10.3. The maximum absolute atomic E-state index is 8.57. The first-order valence-corrected chi connectivity index (χ1v) is 7.18. The van der Waals surface area contributed by atoms with Gasteiger partial charge in [-0.25, -0.2) is 0 Å². The number of benzene rings is 1. The van der Waals surface area contributed by atoms with Crippen LogP contribution in [0.1, 0.15) is 24.8 Å². The molecule has 4 N–H and O–H groups in total. The third-order valence-electron chi connectivity index (χ3n) is 3.01. The summed E-state index contributed by atoms with van der Waals surface area (Å²) < 4.78 is 10.6. The van der Waals surface area contributed by atoms with Gasteiger partial charge in [-0.15, -0.1) is 0 Å². The van der Waals surface area contributed by atoms with Gasteiger partial charge in [0.05, 0.1) is 0 Å². The molecule has 118 valence electrons. The number of ether oxygens (including phenoxy) is 2. The van der Waals surface area contributed by atoms with Gasteiger partial charge in [0.2, 0.25) is 0 Å². The molecule has 0 saturated heterocycles. The summed E-state index contributed by atoms with van der Waals surface area (Å²) in [5, 5.41) is 14.8. The van der Waals surface area contributed by atoms with Crippen LogP contribution in [-0.4, -0.2) is 44.5 Å². The first kappa shape index (κ1) is 17.3. The maximum atomic E-state index is 8.57. The van der Waals surface area contributed by atoms with Crippen molar-refractivity contribution in [3.8, 4) is 5.75 Å². The topological polar surface area (TPSA) is 89.1 Å². The second kappa shape index (κ2) is 10.9. The number of nitrogens with zero attached hydrogens (tertiary/aromatic N) is 1. The van der Waals surface area contributed by atoms with Crippen LogP contribution < -0.4 is 15.8 Å². The molecule has 21 heavy (non-hydrogen) atoms.